The van der Waals surface area contributed by atoms with E-state index in [1.54, 1.807) is 6.08 Å². The summed E-state index contributed by atoms with van der Waals surface area (Å²) in [4.78, 5) is 11.9. The summed E-state index contributed by atoms with van der Waals surface area (Å²) in [5.74, 6) is -0.0800. The van der Waals surface area contributed by atoms with Crippen LogP contribution in [0, 0.1) is 13.8 Å². The van der Waals surface area contributed by atoms with E-state index in [4.69, 9.17) is 0 Å². The third kappa shape index (κ3) is 4.60. The number of carbonyl (C=O) groups is 1. The van der Waals surface area contributed by atoms with Crippen LogP contribution in [0.4, 0.5) is 0 Å². The van der Waals surface area contributed by atoms with E-state index >= 15 is 0 Å². The molecule has 1 amide bonds. The van der Waals surface area contributed by atoms with Crippen molar-refractivity contribution in [3.8, 4) is 0 Å². The largest absolute Gasteiger partial charge is 0.346 e. The molecular weight excluding hydrogens is 258 g/mol. The van der Waals surface area contributed by atoms with Crippen LogP contribution in [0.5, 0.6) is 0 Å². The molecule has 0 saturated heterocycles. The first-order valence-electron chi connectivity index (χ1n) is 7.16. The number of carbonyl (C=O) groups excluding carboxylic acids is 1. The number of aryl methyl sites for hydroxylation is 2. The highest BCUT2D eigenvalue weighted by Gasteiger charge is 2.06. The van der Waals surface area contributed by atoms with Crippen molar-refractivity contribution < 1.29 is 4.79 Å². The molecule has 0 aliphatic carbocycles. The first-order valence-corrected chi connectivity index (χ1v) is 7.16. The van der Waals surface area contributed by atoms with Gasteiger partial charge in [0.1, 0.15) is 0 Å². The van der Waals surface area contributed by atoms with Crippen molar-refractivity contribution in [1.29, 1.82) is 0 Å². The van der Waals surface area contributed by atoms with Crippen molar-refractivity contribution in [1.82, 2.24) is 5.32 Å². The average Bonchev–Trinajstić information content (AvgIpc) is 2.47. The van der Waals surface area contributed by atoms with E-state index in [1.165, 1.54) is 11.1 Å². The summed E-state index contributed by atoms with van der Waals surface area (Å²) in [5.41, 5.74) is 4.57. The molecule has 108 valence electrons. The molecule has 2 aromatic carbocycles. The number of amides is 1. The van der Waals surface area contributed by atoms with E-state index < -0.39 is 0 Å². The smallest absolute Gasteiger partial charge is 0.244 e. The molecule has 2 nitrogen and oxygen atoms in total. The van der Waals surface area contributed by atoms with Crippen molar-refractivity contribution in [3.05, 3.63) is 76.9 Å². The monoisotopic (exact) mass is 279 g/mol. The second kappa shape index (κ2) is 6.89. The average molecular weight is 279 g/mol. The summed E-state index contributed by atoms with van der Waals surface area (Å²) in [6, 6.07) is 16.3. The molecule has 0 heterocycles. The lowest BCUT2D eigenvalue weighted by atomic mass is 10.1. The summed E-state index contributed by atoms with van der Waals surface area (Å²) in [6.07, 6.45) is 3.41. The van der Waals surface area contributed by atoms with E-state index in [0.717, 1.165) is 11.1 Å². The zero-order valence-electron chi connectivity index (χ0n) is 12.8. The molecule has 0 saturated carbocycles. The number of hydrogen-bond acceptors (Lipinski definition) is 1. The molecule has 0 bridgehead atoms. The van der Waals surface area contributed by atoms with Gasteiger partial charge in [0.15, 0.2) is 0 Å². The zero-order chi connectivity index (χ0) is 15.2. The van der Waals surface area contributed by atoms with Gasteiger partial charge in [-0.15, -0.1) is 0 Å². The highest BCUT2D eigenvalue weighted by atomic mass is 16.1. The Balaban J connectivity index is 1.94. The van der Waals surface area contributed by atoms with Crippen LogP contribution in [0.2, 0.25) is 0 Å². The van der Waals surface area contributed by atoms with Crippen LogP contribution in [-0.2, 0) is 4.79 Å². The highest BCUT2D eigenvalue weighted by Crippen LogP contribution is 2.13. The Morgan fingerprint density at radius 3 is 2.05 bits per heavy atom. The topological polar surface area (TPSA) is 29.1 Å². The maximum absolute atomic E-state index is 11.9. The lowest BCUT2D eigenvalue weighted by Gasteiger charge is -2.13. The third-order valence-corrected chi connectivity index (χ3v) is 3.44. The quantitative estimate of drug-likeness (QED) is 0.835. The highest BCUT2D eigenvalue weighted by molar-refractivity contribution is 5.91. The standard InChI is InChI=1S/C19H21NO/c1-14-4-8-17(9-5-14)10-13-19(21)20-16(3)18-11-6-15(2)7-12-18/h4-13,16H,1-3H3,(H,20,21)/b13-10+/t16-/m0/s1. The Morgan fingerprint density at radius 1 is 0.952 bits per heavy atom. The fraction of sp³-hybridized carbons (Fsp3) is 0.211. The molecule has 1 atom stereocenters. The van der Waals surface area contributed by atoms with E-state index in [-0.39, 0.29) is 11.9 Å². The zero-order valence-corrected chi connectivity index (χ0v) is 12.8. The van der Waals surface area contributed by atoms with Gasteiger partial charge < -0.3 is 5.32 Å². The van der Waals surface area contributed by atoms with E-state index in [0.29, 0.717) is 0 Å². The number of benzene rings is 2. The van der Waals surface area contributed by atoms with Gasteiger partial charge in [0.2, 0.25) is 5.91 Å². The van der Waals surface area contributed by atoms with Crippen LogP contribution in [0.25, 0.3) is 6.08 Å². The Kier molecular flexibility index (Phi) is 4.94. The van der Waals surface area contributed by atoms with Crippen LogP contribution < -0.4 is 5.32 Å². The molecule has 2 heteroatoms. The maximum Gasteiger partial charge on any atom is 0.244 e. The summed E-state index contributed by atoms with van der Waals surface area (Å²) < 4.78 is 0. The molecule has 21 heavy (non-hydrogen) atoms. The molecule has 0 aromatic heterocycles. The molecule has 0 aliphatic rings. The predicted octanol–water partition coefficient (Wildman–Crippen LogP) is 4.19. The lowest BCUT2D eigenvalue weighted by molar-refractivity contribution is -0.117. The van der Waals surface area contributed by atoms with E-state index in [1.807, 2.05) is 56.3 Å². The van der Waals surface area contributed by atoms with Gasteiger partial charge in [0.25, 0.3) is 0 Å². The van der Waals surface area contributed by atoms with Gasteiger partial charge >= 0.3 is 0 Å². The fourth-order valence-electron chi connectivity index (χ4n) is 2.05. The minimum absolute atomic E-state index is 0.000711. The molecule has 2 aromatic rings. The normalized spacial score (nSPS) is 12.3. The first kappa shape index (κ1) is 15.0. The molecule has 0 spiro atoms. The summed E-state index contributed by atoms with van der Waals surface area (Å²) >= 11 is 0. The van der Waals surface area contributed by atoms with Crippen molar-refractivity contribution in [2.45, 2.75) is 26.8 Å². The second-order valence-electron chi connectivity index (χ2n) is 5.38. The fourth-order valence-corrected chi connectivity index (χ4v) is 2.05. The summed E-state index contributed by atoms with van der Waals surface area (Å²) in [7, 11) is 0. The maximum atomic E-state index is 11.9. The van der Waals surface area contributed by atoms with Gasteiger partial charge in [0, 0.05) is 6.08 Å². The van der Waals surface area contributed by atoms with Gasteiger partial charge in [-0.1, -0.05) is 59.7 Å². The Hall–Kier alpha value is -2.35. The Labute approximate surface area is 126 Å². The molecule has 0 unspecified atom stereocenters. The van der Waals surface area contributed by atoms with Crippen LogP contribution in [-0.4, -0.2) is 5.91 Å². The minimum atomic E-state index is -0.0800. The lowest BCUT2D eigenvalue weighted by Crippen LogP contribution is -2.24. The second-order valence-corrected chi connectivity index (χ2v) is 5.38. The van der Waals surface area contributed by atoms with Crippen molar-refractivity contribution in [2.75, 3.05) is 0 Å². The SMILES string of the molecule is Cc1ccc(/C=C/C(=O)N[C@@H](C)c2ccc(C)cc2)cc1. The van der Waals surface area contributed by atoms with Crippen LogP contribution >= 0.6 is 0 Å². The van der Waals surface area contributed by atoms with Gasteiger partial charge in [-0.2, -0.15) is 0 Å². The third-order valence-electron chi connectivity index (χ3n) is 3.44. The summed E-state index contributed by atoms with van der Waals surface area (Å²) in [5, 5.41) is 2.97. The minimum Gasteiger partial charge on any atom is -0.346 e. The van der Waals surface area contributed by atoms with Crippen LogP contribution in [0.1, 0.15) is 35.2 Å². The Bertz CT molecular complexity index is 624. The number of nitrogens with one attached hydrogen (secondary N) is 1. The molecule has 0 fully saturated rings. The van der Waals surface area contributed by atoms with Crippen LogP contribution in [0.15, 0.2) is 54.6 Å². The van der Waals surface area contributed by atoms with Crippen molar-refractivity contribution in [3.63, 3.8) is 0 Å². The van der Waals surface area contributed by atoms with Crippen molar-refractivity contribution >= 4 is 12.0 Å². The number of rotatable bonds is 4. The number of hydrogen-bond donors (Lipinski definition) is 1. The molecule has 2 rings (SSSR count). The molecule has 0 radical (unpaired) electrons. The summed E-state index contributed by atoms with van der Waals surface area (Å²) in [6.45, 7) is 6.09. The first-order chi connectivity index (χ1) is 10.0. The van der Waals surface area contributed by atoms with Gasteiger partial charge in [-0.25, -0.2) is 0 Å². The van der Waals surface area contributed by atoms with Gasteiger partial charge in [-0.05, 0) is 38.0 Å². The predicted molar refractivity (Wildman–Crippen MR) is 87.9 cm³/mol. The van der Waals surface area contributed by atoms with Crippen molar-refractivity contribution in [2.24, 2.45) is 0 Å². The molecule has 1 N–H and O–H groups in total. The van der Waals surface area contributed by atoms with E-state index in [9.17, 15) is 4.79 Å². The Morgan fingerprint density at radius 2 is 1.48 bits per heavy atom. The van der Waals surface area contributed by atoms with E-state index in [2.05, 4.69) is 24.4 Å². The molecular formula is C19H21NO. The van der Waals surface area contributed by atoms with Gasteiger partial charge in [0.05, 0.1) is 6.04 Å². The molecule has 0 aliphatic heterocycles. The van der Waals surface area contributed by atoms with Gasteiger partial charge in [-0.3, -0.25) is 4.79 Å². The van der Waals surface area contributed by atoms with Crippen LogP contribution in [0.3, 0.4) is 0 Å².